The monoisotopic (exact) mass is 444 g/mol. The van der Waals surface area contributed by atoms with E-state index in [0.717, 1.165) is 29.8 Å². The molecule has 30 heavy (non-hydrogen) atoms. The zero-order chi connectivity index (χ0) is 21.7. The predicted molar refractivity (Wildman–Crippen MR) is 120 cm³/mol. The Morgan fingerprint density at radius 3 is 2.37 bits per heavy atom. The van der Waals surface area contributed by atoms with E-state index in [1.165, 1.54) is 22.7 Å². The Hall–Kier alpha value is -2.78. The van der Waals surface area contributed by atoms with Crippen molar-refractivity contribution in [1.29, 1.82) is 0 Å². The Balaban J connectivity index is 1.70. The molecule has 0 aliphatic heterocycles. The van der Waals surface area contributed by atoms with Crippen molar-refractivity contribution in [2.45, 2.75) is 38.0 Å². The van der Waals surface area contributed by atoms with Crippen LogP contribution in [0.1, 0.15) is 40.7 Å². The molecule has 0 spiro atoms. The Morgan fingerprint density at radius 1 is 1.07 bits per heavy atom. The van der Waals surface area contributed by atoms with Crippen LogP contribution in [0, 0.1) is 6.92 Å². The van der Waals surface area contributed by atoms with Gasteiger partial charge in [-0.15, -0.1) is 10.2 Å². The van der Waals surface area contributed by atoms with Gasteiger partial charge in [0.1, 0.15) is 5.01 Å². The normalized spacial score (nSPS) is 11.3. The standard InChI is InChI=1S/C21H24N4O3S2/c1-4-5-6-19-23-24-21(29-19)22-20(26)16-9-11-17(12-10-16)25(3)30(27,28)18-13-7-15(2)8-14-18/h7-14H,4-6H2,1-3H3,(H,22,24,26). The topological polar surface area (TPSA) is 92.3 Å². The molecule has 0 atom stereocenters. The van der Waals surface area contributed by atoms with E-state index < -0.39 is 10.0 Å². The van der Waals surface area contributed by atoms with E-state index in [-0.39, 0.29) is 10.8 Å². The molecule has 0 aliphatic carbocycles. The second-order valence-electron chi connectivity index (χ2n) is 6.89. The van der Waals surface area contributed by atoms with Crippen molar-refractivity contribution in [3.8, 4) is 0 Å². The van der Waals surface area contributed by atoms with Gasteiger partial charge in [0.25, 0.3) is 15.9 Å². The number of aryl methyl sites for hydroxylation is 2. The number of hydrogen-bond acceptors (Lipinski definition) is 6. The van der Waals surface area contributed by atoms with E-state index in [1.54, 1.807) is 48.5 Å². The molecule has 158 valence electrons. The van der Waals surface area contributed by atoms with Gasteiger partial charge in [0, 0.05) is 19.0 Å². The molecule has 3 rings (SSSR count). The first-order chi connectivity index (χ1) is 14.3. The van der Waals surface area contributed by atoms with Crippen molar-refractivity contribution in [3.63, 3.8) is 0 Å². The van der Waals surface area contributed by atoms with Gasteiger partial charge in [0.2, 0.25) is 5.13 Å². The van der Waals surface area contributed by atoms with Crippen LogP contribution in [-0.2, 0) is 16.4 Å². The van der Waals surface area contributed by atoms with Crippen LogP contribution in [0.5, 0.6) is 0 Å². The van der Waals surface area contributed by atoms with E-state index in [0.29, 0.717) is 16.4 Å². The minimum atomic E-state index is -3.68. The molecule has 2 aromatic carbocycles. The Bertz CT molecular complexity index is 1110. The van der Waals surface area contributed by atoms with Gasteiger partial charge in [0.05, 0.1) is 10.6 Å². The van der Waals surface area contributed by atoms with Gasteiger partial charge in [-0.05, 0) is 49.7 Å². The first-order valence-electron chi connectivity index (χ1n) is 9.60. The van der Waals surface area contributed by atoms with Gasteiger partial charge in [-0.2, -0.15) is 0 Å². The average molecular weight is 445 g/mol. The smallest absolute Gasteiger partial charge is 0.264 e. The maximum Gasteiger partial charge on any atom is 0.264 e. The fourth-order valence-corrected chi connectivity index (χ4v) is 4.70. The number of hydrogen-bond donors (Lipinski definition) is 1. The van der Waals surface area contributed by atoms with Gasteiger partial charge in [-0.25, -0.2) is 8.42 Å². The van der Waals surface area contributed by atoms with Gasteiger partial charge in [-0.3, -0.25) is 14.4 Å². The van der Waals surface area contributed by atoms with Crippen LogP contribution in [0.25, 0.3) is 0 Å². The number of aromatic nitrogens is 2. The summed E-state index contributed by atoms with van der Waals surface area (Å²) in [6.45, 7) is 4.01. The lowest BCUT2D eigenvalue weighted by molar-refractivity contribution is 0.102. The Kier molecular flexibility index (Phi) is 6.84. The zero-order valence-corrected chi connectivity index (χ0v) is 18.8. The molecule has 0 aliphatic rings. The molecule has 1 heterocycles. The molecular formula is C21H24N4O3S2. The largest absolute Gasteiger partial charge is 0.296 e. The highest BCUT2D eigenvalue weighted by molar-refractivity contribution is 7.92. The quantitative estimate of drug-likeness (QED) is 0.560. The second kappa shape index (κ2) is 9.36. The number of amides is 1. The summed E-state index contributed by atoms with van der Waals surface area (Å²) in [4.78, 5) is 12.7. The molecule has 1 amide bonds. The van der Waals surface area contributed by atoms with Crippen molar-refractivity contribution in [2.75, 3.05) is 16.7 Å². The van der Waals surface area contributed by atoms with Crippen LogP contribution in [0.15, 0.2) is 53.4 Å². The van der Waals surface area contributed by atoms with Crippen LogP contribution in [0.4, 0.5) is 10.8 Å². The molecule has 1 N–H and O–H groups in total. The number of benzene rings is 2. The van der Waals surface area contributed by atoms with Gasteiger partial charge < -0.3 is 0 Å². The fraction of sp³-hybridized carbons (Fsp3) is 0.286. The van der Waals surface area contributed by atoms with E-state index in [4.69, 9.17) is 0 Å². The zero-order valence-electron chi connectivity index (χ0n) is 17.1. The summed E-state index contributed by atoms with van der Waals surface area (Å²) in [5.41, 5.74) is 1.86. The lowest BCUT2D eigenvalue weighted by Crippen LogP contribution is -2.26. The summed E-state index contributed by atoms with van der Waals surface area (Å²) in [7, 11) is -2.19. The van der Waals surface area contributed by atoms with E-state index in [9.17, 15) is 13.2 Å². The number of nitrogens with one attached hydrogen (secondary N) is 1. The molecular weight excluding hydrogens is 420 g/mol. The first-order valence-corrected chi connectivity index (χ1v) is 11.9. The van der Waals surface area contributed by atoms with Crippen LogP contribution < -0.4 is 9.62 Å². The lowest BCUT2D eigenvalue weighted by atomic mass is 10.2. The minimum Gasteiger partial charge on any atom is -0.296 e. The second-order valence-corrected chi connectivity index (χ2v) is 9.92. The van der Waals surface area contributed by atoms with Gasteiger partial charge in [0.15, 0.2) is 0 Å². The predicted octanol–water partition coefficient (Wildman–Crippen LogP) is 4.27. The van der Waals surface area contributed by atoms with Crippen LogP contribution in [0.3, 0.4) is 0 Å². The highest BCUT2D eigenvalue weighted by atomic mass is 32.2. The summed E-state index contributed by atoms with van der Waals surface area (Å²) in [6.07, 6.45) is 2.95. The van der Waals surface area contributed by atoms with E-state index in [1.807, 2.05) is 6.92 Å². The number of carbonyl (C=O) groups is 1. The summed E-state index contributed by atoms with van der Waals surface area (Å²) in [6, 6.07) is 13.1. The van der Waals surface area contributed by atoms with Crippen molar-refractivity contribution in [2.24, 2.45) is 0 Å². The molecule has 0 saturated heterocycles. The maximum atomic E-state index is 12.8. The maximum absolute atomic E-state index is 12.8. The van der Waals surface area contributed by atoms with Gasteiger partial charge >= 0.3 is 0 Å². The highest BCUT2D eigenvalue weighted by Crippen LogP contribution is 2.23. The number of sulfonamides is 1. The molecule has 3 aromatic rings. The van der Waals surface area contributed by atoms with Crippen molar-refractivity contribution >= 4 is 38.1 Å². The van der Waals surface area contributed by atoms with Crippen LogP contribution in [0.2, 0.25) is 0 Å². The fourth-order valence-electron chi connectivity index (χ4n) is 2.73. The average Bonchev–Trinajstić information content (AvgIpc) is 3.19. The Labute approximate surface area is 180 Å². The third-order valence-corrected chi connectivity index (χ3v) is 7.30. The number of anilines is 2. The highest BCUT2D eigenvalue weighted by Gasteiger charge is 2.21. The first kappa shape index (κ1) is 21.9. The summed E-state index contributed by atoms with van der Waals surface area (Å²) >= 11 is 1.36. The number of rotatable bonds is 8. The third kappa shape index (κ3) is 5.03. The van der Waals surface area contributed by atoms with Crippen LogP contribution >= 0.6 is 11.3 Å². The number of unbranched alkanes of at least 4 members (excludes halogenated alkanes) is 1. The summed E-state index contributed by atoms with van der Waals surface area (Å²) in [5, 5.41) is 12.2. The molecule has 7 nitrogen and oxygen atoms in total. The molecule has 0 fully saturated rings. The van der Waals surface area contributed by atoms with E-state index in [2.05, 4.69) is 22.4 Å². The summed E-state index contributed by atoms with van der Waals surface area (Å²) < 4.78 is 26.8. The number of carbonyl (C=O) groups excluding carboxylic acids is 1. The molecule has 0 unspecified atom stereocenters. The van der Waals surface area contributed by atoms with Gasteiger partial charge in [-0.1, -0.05) is 42.4 Å². The molecule has 0 bridgehead atoms. The summed E-state index contributed by atoms with van der Waals surface area (Å²) in [5.74, 6) is -0.316. The third-order valence-electron chi connectivity index (χ3n) is 4.60. The molecule has 0 saturated carbocycles. The minimum absolute atomic E-state index is 0.215. The molecule has 1 aromatic heterocycles. The lowest BCUT2D eigenvalue weighted by Gasteiger charge is -2.19. The Morgan fingerprint density at radius 2 is 1.73 bits per heavy atom. The van der Waals surface area contributed by atoms with Crippen molar-refractivity contribution in [3.05, 3.63) is 64.7 Å². The molecule has 0 radical (unpaired) electrons. The molecule has 9 heteroatoms. The van der Waals surface area contributed by atoms with Crippen molar-refractivity contribution in [1.82, 2.24) is 10.2 Å². The number of nitrogens with zero attached hydrogens (tertiary/aromatic N) is 3. The SMILES string of the molecule is CCCCc1nnc(NC(=O)c2ccc(N(C)S(=O)(=O)c3ccc(C)cc3)cc2)s1. The van der Waals surface area contributed by atoms with E-state index >= 15 is 0 Å². The van der Waals surface area contributed by atoms with Crippen LogP contribution in [-0.4, -0.2) is 31.6 Å². The van der Waals surface area contributed by atoms with Crippen molar-refractivity contribution < 1.29 is 13.2 Å².